The van der Waals surface area contributed by atoms with Crippen LogP contribution in [0.2, 0.25) is 0 Å². The van der Waals surface area contributed by atoms with E-state index in [-0.39, 0.29) is 5.69 Å². The number of carbonyl (C=O) groups is 1. The van der Waals surface area contributed by atoms with Gasteiger partial charge in [0.2, 0.25) is 0 Å². The molecule has 1 rings (SSSR count). The van der Waals surface area contributed by atoms with E-state index in [0.29, 0.717) is 11.1 Å². The van der Waals surface area contributed by atoms with E-state index in [1.807, 2.05) is 0 Å². The smallest absolute Gasteiger partial charge is 0.328 e. The van der Waals surface area contributed by atoms with Crippen molar-refractivity contribution in [1.82, 2.24) is 0 Å². The highest BCUT2D eigenvalue weighted by Gasteiger charge is 2.02. The van der Waals surface area contributed by atoms with Crippen LogP contribution in [0.15, 0.2) is 24.3 Å². The van der Waals surface area contributed by atoms with Gasteiger partial charge in [0, 0.05) is 6.08 Å². The Labute approximate surface area is 80.7 Å². The lowest BCUT2D eigenvalue weighted by atomic mass is 10.1. The van der Waals surface area contributed by atoms with Gasteiger partial charge in [0.1, 0.15) is 5.82 Å². The fraction of sp³-hybridized carbons (Fsp3) is 0.100. The monoisotopic (exact) mass is 195 g/mol. The van der Waals surface area contributed by atoms with Gasteiger partial charge < -0.3 is 10.8 Å². The number of benzene rings is 1. The second kappa shape index (κ2) is 3.91. The molecular formula is C10H10FNO2. The third-order valence-electron chi connectivity index (χ3n) is 1.80. The molecule has 3 nitrogen and oxygen atoms in total. The molecule has 0 saturated carbocycles. The van der Waals surface area contributed by atoms with E-state index < -0.39 is 11.8 Å². The molecule has 1 aromatic rings. The normalized spacial score (nSPS) is 11.4. The minimum absolute atomic E-state index is 0.0527. The van der Waals surface area contributed by atoms with Crippen LogP contribution in [0.1, 0.15) is 12.5 Å². The first-order valence-electron chi connectivity index (χ1n) is 3.97. The highest BCUT2D eigenvalue weighted by atomic mass is 19.1. The zero-order chi connectivity index (χ0) is 10.7. The van der Waals surface area contributed by atoms with Crippen LogP contribution in [-0.2, 0) is 4.79 Å². The molecule has 0 spiro atoms. The van der Waals surface area contributed by atoms with Gasteiger partial charge in [-0.2, -0.15) is 0 Å². The fourth-order valence-electron chi connectivity index (χ4n) is 1.04. The van der Waals surface area contributed by atoms with Crippen molar-refractivity contribution < 1.29 is 14.3 Å². The molecule has 0 bridgehead atoms. The average Bonchev–Trinajstić information content (AvgIpc) is 2.08. The first-order valence-corrected chi connectivity index (χ1v) is 3.97. The number of halogens is 1. The molecule has 0 aliphatic heterocycles. The van der Waals surface area contributed by atoms with Crippen molar-refractivity contribution in [3.05, 3.63) is 35.7 Å². The molecule has 0 heterocycles. The van der Waals surface area contributed by atoms with Gasteiger partial charge >= 0.3 is 5.97 Å². The zero-order valence-electron chi connectivity index (χ0n) is 7.62. The third kappa shape index (κ3) is 2.32. The number of carboxylic acid groups (broad SMARTS) is 1. The summed E-state index contributed by atoms with van der Waals surface area (Å²) in [5.74, 6) is -1.60. The van der Waals surface area contributed by atoms with Crippen molar-refractivity contribution in [1.29, 1.82) is 0 Å². The summed E-state index contributed by atoms with van der Waals surface area (Å²) in [6, 6.07) is 4.20. The molecule has 1 aromatic carbocycles. The number of nitrogen functional groups attached to an aromatic ring is 1. The van der Waals surface area contributed by atoms with Gasteiger partial charge in [-0.25, -0.2) is 9.18 Å². The van der Waals surface area contributed by atoms with Crippen LogP contribution in [0.5, 0.6) is 0 Å². The van der Waals surface area contributed by atoms with Crippen LogP contribution in [-0.4, -0.2) is 11.1 Å². The Hall–Kier alpha value is -1.84. The van der Waals surface area contributed by atoms with Crippen molar-refractivity contribution in [2.24, 2.45) is 0 Å². The third-order valence-corrected chi connectivity index (χ3v) is 1.80. The summed E-state index contributed by atoms with van der Waals surface area (Å²) in [6.45, 7) is 1.60. The first-order chi connectivity index (χ1) is 6.50. The Bertz CT molecular complexity index is 399. The quantitative estimate of drug-likeness (QED) is 0.559. The van der Waals surface area contributed by atoms with Gasteiger partial charge in [-0.05, 0) is 30.2 Å². The van der Waals surface area contributed by atoms with Gasteiger partial charge in [-0.15, -0.1) is 0 Å². The summed E-state index contributed by atoms with van der Waals surface area (Å²) in [5, 5.41) is 8.47. The van der Waals surface area contributed by atoms with Crippen LogP contribution in [0.3, 0.4) is 0 Å². The maximum Gasteiger partial charge on any atom is 0.328 e. The van der Waals surface area contributed by atoms with Crippen LogP contribution in [0.4, 0.5) is 10.1 Å². The van der Waals surface area contributed by atoms with Crippen LogP contribution < -0.4 is 5.73 Å². The number of hydrogen-bond donors (Lipinski definition) is 2. The number of carboxylic acids is 1. The number of hydrogen-bond acceptors (Lipinski definition) is 2. The second-order valence-electron chi connectivity index (χ2n) is 2.90. The van der Waals surface area contributed by atoms with Crippen molar-refractivity contribution in [2.45, 2.75) is 6.92 Å². The highest BCUT2D eigenvalue weighted by molar-refractivity contribution is 5.89. The minimum atomic E-state index is -1.06. The van der Waals surface area contributed by atoms with E-state index in [1.165, 1.54) is 12.1 Å². The predicted molar refractivity (Wildman–Crippen MR) is 52.1 cm³/mol. The molecule has 0 aliphatic rings. The Morgan fingerprint density at radius 1 is 1.57 bits per heavy atom. The van der Waals surface area contributed by atoms with Crippen molar-refractivity contribution >= 4 is 17.2 Å². The lowest BCUT2D eigenvalue weighted by molar-refractivity contribution is -0.131. The molecule has 74 valence electrons. The van der Waals surface area contributed by atoms with E-state index >= 15 is 0 Å². The Morgan fingerprint density at radius 3 is 2.71 bits per heavy atom. The van der Waals surface area contributed by atoms with Gasteiger partial charge in [-0.1, -0.05) is 6.07 Å². The van der Waals surface area contributed by atoms with E-state index in [1.54, 1.807) is 13.0 Å². The molecule has 0 amide bonds. The SMILES string of the molecule is C/C(=C\C(=O)O)c1ccc(N)c(F)c1. The Morgan fingerprint density at radius 2 is 2.21 bits per heavy atom. The molecule has 0 fully saturated rings. The maximum atomic E-state index is 13.0. The molecule has 0 unspecified atom stereocenters. The minimum Gasteiger partial charge on any atom is -0.478 e. The van der Waals surface area contributed by atoms with Crippen LogP contribution in [0, 0.1) is 5.82 Å². The Balaban J connectivity index is 3.09. The lowest BCUT2D eigenvalue weighted by Gasteiger charge is -2.02. The van der Waals surface area contributed by atoms with E-state index in [4.69, 9.17) is 10.8 Å². The summed E-state index contributed by atoms with van der Waals surface area (Å²) in [7, 11) is 0. The highest BCUT2D eigenvalue weighted by Crippen LogP contribution is 2.18. The molecule has 0 saturated heterocycles. The molecule has 4 heteroatoms. The van der Waals surface area contributed by atoms with Crippen LogP contribution >= 0.6 is 0 Å². The lowest BCUT2D eigenvalue weighted by Crippen LogP contribution is -1.93. The number of anilines is 1. The van der Waals surface area contributed by atoms with E-state index in [9.17, 15) is 9.18 Å². The zero-order valence-corrected chi connectivity index (χ0v) is 7.62. The number of allylic oxidation sites excluding steroid dienone is 1. The molecule has 0 aromatic heterocycles. The topological polar surface area (TPSA) is 63.3 Å². The number of rotatable bonds is 2. The van der Waals surface area contributed by atoms with Crippen molar-refractivity contribution in [3.8, 4) is 0 Å². The predicted octanol–water partition coefficient (Wildman–Crippen LogP) is 1.90. The maximum absolute atomic E-state index is 13.0. The van der Waals surface area contributed by atoms with Gasteiger partial charge in [-0.3, -0.25) is 0 Å². The standard InChI is InChI=1S/C10H10FNO2/c1-6(4-10(13)14)7-2-3-9(12)8(11)5-7/h2-5H,12H2,1H3,(H,13,14)/b6-4+. The van der Waals surface area contributed by atoms with E-state index in [2.05, 4.69) is 0 Å². The average molecular weight is 195 g/mol. The molecule has 14 heavy (non-hydrogen) atoms. The van der Waals surface area contributed by atoms with Gasteiger partial charge in [0.05, 0.1) is 5.69 Å². The van der Waals surface area contributed by atoms with Crippen molar-refractivity contribution in [2.75, 3.05) is 5.73 Å². The van der Waals surface area contributed by atoms with Gasteiger partial charge in [0.15, 0.2) is 0 Å². The van der Waals surface area contributed by atoms with Gasteiger partial charge in [0.25, 0.3) is 0 Å². The summed E-state index contributed by atoms with van der Waals surface area (Å²) in [5.41, 5.74) is 6.33. The summed E-state index contributed by atoms with van der Waals surface area (Å²) < 4.78 is 13.0. The molecule has 0 aliphatic carbocycles. The number of aliphatic carboxylic acids is 1. The van der Waals surface area contributed by atoms with Crippen LogP contribution in [0.25, 0.3) is 5.57 Å². The largest absolute Gasteiger partial charge is 0.478 e. The molecular weight excluding hydrogens is 185 g/mol. The summed E-state index contributed by atoms with van der Waals surface area (Å²) >= 11 is 0. The fourth-order valence-corrected chi connectivity index (χ4v) is 1.04. The van der Waals surface area contributed by atoms with Crippen molar-refractivity contribution in [3.63, 3.8) is 0 Å². The van der Waals surface area contributed by atoms with E-state index in [0.717, 1.165) is 6.08 Å². The molecule has 3 N–H and O–H groups in total. The molecule has 0 radical (unpaired) electrons. The summed E-state index contributed by atoms with van der Waals surface area (Å²) in [6.07, 6.45) is 1.02. The number of nitrogens with two attached hydrogens (primary N) is 1. The molecule has 0 atom stereocenters. The first kappa shape index (κ1) is 10.2. The Kier molecular flexibility index (Phi) is 2.86. The second-order valence-corrected chi connectivity index (χ2v) is 2.90. The summed E-state index contributed by atoms with van der Waals surface area (Å²) in [4.78, 5) is 10.3.